The summed E-state index contributed by atoms with van der Waals surface area (Å²) in [5.41, 5.74) is 9.30. The van der Waals surface area contributed by atoms with Gasteiger partial charge in [-0.25, -0.2) is 4.98 Å². The number of aryl methyl sites for hydroxylation is 1. The molecule has 180 valence electrons. The molecular formula is C24H30IN7O2. The third-order valence-corrected chi connectivity index (χ3v) is 6.88. The van der Waals surface area contributed by atoms with E-state index in [-0.39, 0.29) is 6.04 Å². The van der Waals surface area contributed by atoms with E-state index in [1.54, 1.807) is 22.8 Å². The van der Waals surface area contributed by atoms with Crippen molar-refractivity contribution in [1.82, 2.24) is 22.8 Å². The van der Waals surface area contributed by atoms with E-state index in [2.05, 4.69) is 72.6 Å². The number of hydrogen-bond donors (Lipinski definition) is 2. The summed E-state index contributed by atoms with van der Waals surface area (Å²) in [6.45, 7) is 3.62. The molecule has 10 heteroatoms. The summed E-state index contributed by atoms with van der Waals surface area (Å²) < 4.78 is 3.72. The topological polar surface area (TPSA) is 109 Å². The maximum Gasteiger partial charge on any atom is 0.313 e. The van der Waals surface area contributed by atoms with Crippen LogP contribution in [0.2, 0.25) is 0 Å². The highest BCUT2D eigenvalue weighted by Gasteiger charge is 2.34. The third kappa shape index (κ3) is 5.17. The van der Waals surface area contributed by atoms with Crippen LogP contribution in [0.4, 0.5) is 11.5 Å². The van der Waals surface area contributed by atoms with Gasteiger partial charge in [0.1, 0.15) is 11.3 Å². The van der Waals surface area contributed by atoms with Crippen LogP contribution in [0.3, 0.4) is 0 Å². The highest BCUT2D eigenvalue weighted by Crippen LogP contribution is 2.34. The van der Waals surface area contributed by atoms with Crippen molar-refractivity contribution in [1.29, 1.82) is 0 Å². The minimum absolute atomic E-state index is 0.126. The summed E-state index contributed by atoms with van der Waals surface area (Å²) in [5.74, 6) is -0.578. The molecule has 1 fully saturated rings. The quantitative estimate of drug-likeness (QED) is 0.275. The van der Waals surface area contributed by atoms with E-state index in [0.717, 1.165) is 31.4 Å². The second kappa shape index (κ2) is 10.3. The molecule has 1 aliphatic heterocycles. The number of carbonyl (C=O) groups is 2. The number of nitrogens with two attached hydrogens (primary N) is 1. The van der Waals surface area contributed by atoms with E-state index in [0.29, 0.717) is 34.9 Å². The fourth-order valence-corrected chi connectivity index (χ4v) is 4.76. The molecule has 1 saturated heterocycles. The molecule has 0 radical (unpaired) electrons. The van der Waals surface area contributed by atoms with Crippen LogP contribution in [-0.2, 0) is 23.1 Å². The van der Waals surface area contributed by atoms with Crippen LogP contribution in [0.15, 0.2) is 36.7 Å². The van der Waals surface area contributed by atoms with Crippen molar-refractivity contribution in [3.05, 3.63) is 47.8 Å². The number of likely N-dealkylation sites (N-methyl/N-ethyl adjacent to an activating group) is 1. The van der Waals surface area contributed by atoms with Gasteiger partial charge in [-0.3, -0.25) is 17.4 Å². The maximum absolute atomic E-state index is 13.3. The third-order valence-electron chi connectivity index (χ3n) is 6.40. The summed E-state index contributed by atoms with van der Waals surface area (Å²) in [5, 5.41) is 7.58. The zero-order chi connectivity index (χ0) is 24.4. The molecule has 3 aromatic rings. The second-order valence-corrected chi connectivity index (χ2v) is 10.7. The number of amides is 2. The Balaban J connectivity index is 1.53. The smallest absolute Gasteiger partial charge is 0.313 e. The van der Waals surface area contributed by atoms with E-state index < -0.39 is 11.8 Å². The van der Waals surface area contributed by atoms with Gasteiger partial charge in [-0.15, -0.1) is 0 Å². The Kier molecular flexibility index (Phi) is 7.36. The van der Waals surface area contributed by atoms with Crippen molar-refractivity contribution in [2.75, 3.05) is 31.2 Å². The van der Waals surface area contributed by atoms with Gasteiger partial charge in [-0.05, 0) is 43.4 Å². The Labute approximate surface area is 213 Å². The number of anilines is 2. The Morgan fingerprint density at radius 2 is 1.97 bits per heavy atom. The van der Waals surface area contributed by atoms with Crippen LogP contribution in [0, 0.1) is 5.92 Å². The van der Waals surface area contributed by atoms with E-state index in [1.165, 1.54) is 11.8 Å². The van der Waals surface area contributed by atoms with Crippen molar-refractivity contribution in [2.45, 2.75) is 32.2 Å². The lowest BCUT2D eigenvalue weighted by Crippen LogP contribution is -2.46. The molecule has 0 saturated carbocycles. The van der Waals surface area contributed by atoms with Gasteiger partial charge in [0.25, 0.3) is 0 Å². The van der Waals surface area contributed by atoms with Crippen molar-refractivity contribution in [3.63, 3.8) is 0 Å². The summed E-state index contributed by atoms with van der Waals surface area (Å²) in [6, 6.07) is 8.29. The molecule has 2 amide bonds. The standard InChI is InChI=1S/C24H30IN7O2/c1-15-4-9-20(17-7-5-16(6-8-17)10-11-30(2)25)32(14-15)24(34)23(33)29-19-13-27-22(26)21-18(19)12-28-31(21)3/h5-8,12-13,15,20H,4,9-11,14H2,1-3H3,(H2,26,27)(H,29,33)/t15-,20+/m0/s1. The first-order valence-corrected chi connectivity index (χ1v) is 12.3. The minimum atomic E-state index is -0.683. The van der Waals surface area contributed by atoms with Crippen LogP contribution in [0.1, 0.15) is 36.9 Å². The molecule has 2 aromatic heterocycles. The van der Waals surface area contributed by atoms with Crippen molar-refractivity contribution in [2.24, 2.45) is 13.0 Å². The number of nitrogens with one attached hydrogen (secondary N) is 1. The summed E-state index contributed by atoms with van der Waals surface area (Å²) in [7, 11) is 3.80. The number of aromatic nitrogens is 3. The van der Waals surface area contributed by atoms with Crippen LogP contribution >= 0.6 is 22.9 Å². The van der Waals surface area contributed by atoms with Crippen LogP contribution in [-0.4, -0.2) is 54.7 Å². The van der Waals surface area contributed by atoms with Gasteiger partial charge in [0.05, 0.1) is 24.1 Å². The highest BCUT2D eigenvalue weighted by molar-refractivity contribution is 14.1. The Morgan fingerprint density at radius 1 is 1.24 bits per heavy atom. The van der Waals surface area contributed by atoms with Crippen molar-refractivity contribution >= 4 is 57.1 Å². The monoisotopic (exact) mass is 575 g/mol. The Bertz CT molecular complexity index is 1190. The van der Waals surface area contributed by atoms with Crippen molar-refractivity contribution in [3.8, 4) is 0 Å². The molecule has 4 rings (SSSR count). The average Bonchev–Trinajstić information content (AvgIpc) is 3.22. The number of carbonyl (C=O) groups excluding carboxylic acids is 2. The van der Waals surface area contributed by atoms with Crippen LogP contribution in [0.25, 0.3) is 10.9 Å². The molecule has 0 unspecified atom stereocenters. The number of likely N-dealkylation sites (tertiary alicyclic amines) is 1. The van der Waals surface area contributed by atoms with E-state index in [4.69, 9.17) is 5.73 Å². The van der Waals surface area contributed by atoms with Crippen LogP contribution < -0.4 is 11.1 Å². The Morgan fingerprint density at radius 3 is 2.68 bits per heavy atom. The van der Waals surface area contributed by atoms with Gasteiger partial charge in [-0.1, -0.05) is 31.2 Å². The first-order chi connectivity index (χ1) is 16.2. The lowest BCUT2D eigenvalue weighted by molar-refractivity contribution is -0.146. The number of nitrogens with zero attached hydrogens (tertiary/aromatic N) is 5. The fourth-order valence-electron chi connectivity index (χ4n) is 4.52. The van der Waals surface area contributed by atoms with E-state index in [1.807, 2.05) is 7.05 Å². The SMILES string of the molecule is C[C@H]1CC[C@H](c2ccc(CCN(C)I)cc2)N(C(=O)C(=O)Nc2cnc(N)c3c2cnn3C)C1. The molecule has 3 heterocycles. The largest absolute Gasteiger partial charge is 0.382 e. The summed E-state index contributed by atoms with van der Waals surface area (Å²) in [6.07, 6.45) is 5.87. The van der Waals surface area contributed by atoms with E-state index in [9.17, 15) is 9.59 Å². The summed E-state index contributed by atoms with van der Waals surface area (Å²) in [4.78, 5) is 32.2. The van der Waals surface area contributed by atoms with Gasteiger partial charge in [-0.2, -0.15) is 5.10 Å². The normalized spacial score (nSPS) is 18.4. The molecule has 0 bridgehead atoms. The molecule has 1 aliphatic rings. The number of nitrogen functional groups attached to an aromatic ring is 1. The zero-order valence-electron chi connectivity index (χ0n) is 19.7. The molecule has 0 spiro atoms. The first-order valence-electron chi connectivity index (χ1n) is 11.4. The average molecular weight is 575 g/mol. The zero-order valence-corrected chi connectivity index (χ0v) is 21.8. The number of halogens is 1. The van der Waals surface area contributed by atoms with Crippen molar-refractivity contribution < 1.29 is 9.59 Å². The fraction of sp³-hybridized carbons (Fsp3) is 0.417. The lowest BCUT2D eigenvalue weighted by atomic mass is 9.89. The number of fused-ring (bicyclic) bond motifs is 1. The maximum atomic E-state index is 13.3. The number of pyridine rings is 1. The molecular weight excluding hydrogens is 545 g/mol. The molecule has 34 heavy (non-hydrogen) atoms. The predicted octanol–water partition coefficient (Wildman–Crippen LogP) is 3.31. The minimum Gasteiger partial charge on any atom is -0.382 e. The van der Waals surface area contributed by atoms with Gasteiger partial charge >= 0.3 is 11.8 Å². The van der Waals surface area contributed by atoms with E-state index >= 15 is 0 Å². The number of rotatable bonds is 5. The van der Waals surface area contributed by atoms with Gasteiger partial charge in [0, 0.05) is 48.4 Å². The molecule has 0 aliphatic carbocycles. The predicted molar refractivity (Wildman–Crippen MR) is 141 cm³/mol. The molecule has 3 N–H and O–H groups in total. The lowest BCUT2D eigenvalue weighted by Gasteiger charge is -2.38. The number of piperidine rings is 1. The highest BCUT2D eigenvalue weighted by atomic mass is 127. The molecule has 1 aromatic carbocycles. The number of benzene rings is 1. The van der Waals surface area contributed by atoms with Gasteiger partial charge in [0.15, 0.2) is 0 Å². The van der Waals surface area contributed by atoms with Gasteiger partial charge < -0.3 is 16.0 Å². The second-order valence-electron chi connectivity index (χ2n) is 9.02. The van der Waals surface area contributed by atoms with Gasteiger partial charge in [0.2, 0.25) is 0 Å². The first kappa shape index (κ1) is 24.4. The molecule has 2 atom stereocenters. The molecule has 9 nitrogen and oxygen atoms in total. The van der Waals surface area contributed by atoms with Crippen LogP contribution in [0.5, 0.6) is 0 Å². The Hall–Kier alpha value is -2.73. The number of hydrogen-bond acceptors (Lipinski definition) is 6. The summed E-state index contributed by atoms with van der Waals surface area (Å²) >= 11 is 2.28.